The molecule has 0 aliphatic carbocycles. The van der Waals surface area contributed by atoms with Gasteiger partial charge in [0.1, 0.15) is 11.5 Å². The van der Waals surface area contributed by atoms with Crippen LogP contribution in [0.15, 0.2) is 36.4 Å². The van der Waals surface area contributed by atoms with Gasteiger partial charge in [-0.1, -0.05) is 12.1 Å². The molecule has 0 saturated carbocycles. The van der Waals surface area contributed by atoms with Gasteiger partial charge in [0.2, 0.25) is 0 Å². The van der Waals surface area contributed by atoms with Gasteiger partial charge >= 0.3 is 0 Å². The molecule has 1 N–H and O–H groups in total. The van der Waals surface area contributed by atoms with Crippen molar-refractivity contribution in [2.75, 3.05) is 11.9 Å². The summed E-state index contributed by atoms with van der Waals surface area (Å²) in [5.74, 6) is -0.698. The van der Waals surface area contributed by atoms with E-state index in [1.54, 1.807) is 6.07 Å². The molecule has 0 bridgehead atoms. The lowest BCUT2D eigenvalue weighted by Gasteiger charge is -2.11. The third-order valence-corrected chi connectivity index (χ3v) is 3.65. The highest BCUT2D eigenvalue weighted by Gasteiger charge is 2.11. The summed E-state index contributed by atoms with van der Waals surface area (Å²) in [5, 5.41) is 11.5. The maximum atomic E-state index is 13.8. The Balaban J connectivity index is 1.77. The van der Waals surface area contributed by atoms with Gasteiger partial charge < -0.3 is 9.88 Å². The molecule has 2 aromatic carbocycles. The number of hydrogen-bond donors (Lipinski definition) is 1. The molecule has 0 fully saturated rings. The Morgan fingerprint density at radius 3 is 2.61 bits per heavy atom. The lowest BCUT2D eigenvalue weighted by molar-refractivity contribution is 0.585. The van der Waals surface area contributed by atoms with Crippen molar-refractivity contribution in [1.29, 1.82) is 5.26 Å². The van der Waals surface area contributed by atoms with E-state index in [9.17, 15) is 8.78 Å². The Morgan fingerprint density at radius 2 is 1.91 bits per heavy atom. The fraction of sp³-hybridized carbons (Fsp3) is 0.176. The Labute approximate surface area is 132 Å². The number of nitrogens with one attached hydrogen (secondary N) is 1. The molecule has 0 saturated heterocycles. The first kappa shape index (κ1) is 15.0. The molecule has 0 amide bonds. The van der Waals surface area contributed by atoms with Crippen molar-refractivity contribution in [3.8, 4) is 6.07 Å². The van der Waals surface area contributed by atoms with Crippen molar-refractivity contribution in [2.24, 2.45) is 0 Å². The van der Waals surface area contributed by atoms with Gasteiger partial charge in [-0.2, -0.15) is 5.26 Å². The highest BCUT2D eigenvalue weighted by Crippen LogP contribution is 2.21. The number of hydrogen-bond acceptors (Lipinski definition) is 3. The van der Waals surface area contributed by atoms with Gasteiger partial charge in [-0.3, -0.25) is 0 Å². The molecule has 116 valence electrons. The second-order valence-electron chi connectivity index (χ2n) is 5.15. The highest BCUT2D eigenvalue weighted by molar-refractivity contribution is 5.75. The fourth-order valence-corrected chi connectivity index (χ4v) is 2.58. The first-order valence-corrected chi connectivity index (χ1v) is 7.15. The van der Waals surface area contributed by atoms with E-state index in [1.165, 1.54) is 0 Å². The maximum absolute atomic E-state index is 13.8. The van der Waals surface area contributed by atoms with Gasteiger partial charge in [0.05, 0.1) is 22.7 Å². The normalized spacial score (nSPS) is 10.7. The van der Waals surface area contributed by atoms with E-state index in [4.69, 9.17) is 5.26 Å². The monoisotopic (exact) mass is 312 g/mol. The summed E-state index contributed by atoms with van der Waals surface area (Å²) in [6.07, 6.45) is 0. The van der Waals surface area contributed by atoms with E-state index >= 15 is 0 Å². The average molecular weight is 312 g/mol. The van der Waals surface area contributed by atoms with Gasteiger partial charge in [0.25, 0.3) is 0 Å². The molecular weight excluding hydrogens is 298 g/mol. The molecule has 1 aromatic heterocycles. The summed E-state index contributed by atoms with van der Waals surface area (Å²) in [5.41, 5.74) is 1.61. The van der Waals surface area contributed by atoms with Gasteiger partial charge in [0, 0.05) is 13.1 Å². The Kier molecular flexibility index (Phi) is 3.94. The first-order chi connectivity index (χ1) is 11.1. The number of aromatic nitrogens is 2. The number of rotatable bonds is 4. The second-order valence-corrected chi connectivity index (χ2v) is 5.15. The second kappa shape index (κ2) is 6.05. The third-order valence-electron chi connectivity index (χ3n) is 3.65. The fourth-order valence-electron chi connectivity index (χ4n) is 2.58. The molecule has 0 unspecified atom stereocenters. The number of nitrogens with zero attached hydrogens (tertiary/aromatic N) is 3. The number of imidazole rings is 1. The predicted molar refractivity (Wildman–Crippen MR) is 84.0 cm³/mol. The zero-order chi connectivity index (χ0) is 16.4. The van der Waals surface area contributed by atoms with Crippen LogP contribution in [0.3, 0.4) is 0 Å². The van der Waals surface area contributed by atoms with Crippen LogP contribution in [-0.4, -0.2) is 16.1 Å². The minimum Gasteiger partial charge on any atom is -0.379 e. The van der Waals surface area contributed by atoms with Gasteiger partial charge in [-0.05, 0) is 31.2 Å². The summed E-state index contributed by atoms with van der Waals surface area (Å²) in [4.78, 5) is 4.45. The summed E-state index contributed by atoms with van der Waals surface area (Å²) >= 11 is 0. The van der Waals surface area contributed by atoms with Gasteiger partial charge in [-0.25, -0.2) is 13.8 Å². The molecular formula is C17H14F2N4. The lowest BCUT2D eigenvalue weighted by atomic mass is 10.2. The van der Waals surface area contributed by atoms with E-state index in [0.717, 1.165) is 29.0 Å². The van der Waals surface area contributed by atoms with Crippen LogP contribution in [-0.2, 0) is 6.54 Å². The van der Waals surface area contributed by atoms with E-state index in [1.807, 2.05) is 35.8 Å². The minimum absolute atomic E-state index is 0.0398. The topological polar surface area (TPSA) is 53.6 Å². The molecule has 0 aliphatic heterocycles. The van der Waals surface area contributed by atoms with Crippen LogP contribution in [0.25, 0.3) is 11.0 Å². The summed E-state index contributed by atoms with van der Waals surface area (Å²) in [6.45, 7) is 2.75. The van der Waals surface area contributed by atoms with E-state index < -0.39 is 11.6 Å². The standard InChI is InChI=1S/C17H14F2N4/c1-11-22-15-4-2-3-5-16(15)23(11)7-6-21-17-13(18)8-12(10-20)9-14(17)19/h2-5,8-9,21H,6-7H2,1H3. The number of halogens is 2. The lowest BCUT2D eigenvalue weighted by Crippen LogP contribution is -2.13. The van der Waals surface area contributed by atoms with Crippen molar-refractivity contribution in [3.63, 3.8) is 0 Å². The molecule has 3 aromatic rings. The molecule has 1 heterocycles. The van der Waals surface area contributed by atoms with Crippen molar-refractivity contribution in [2.45, 2.75) is 13.5 Å². The molecule has 6 heteroatoms. The van der Waals surface area contributed by atoms with Gasteiger partial charge in [0.15, 0.2) is 11.6 Å². The van der Waals surface area contributed by atoms with Crippen molar-refractivity contribution in [1.82, 2.24) is 9.55 Å². The molecule has 23 heavy (non-hydrogen) atoms. The maximum Gasteiger partial charge on any atom is 0.150 e. The quantitative estimate of drug-likeness (QED) is 0.800. The van der Waals surface area contributed by atoms with Crippen LogP contribution < -0.4 is 5.32 Å². The van der Waals surface area contributed by atoms with Crippen LogP contribution in [0.1, 0.15) is 11.4 Å². The number of anilines is 1. The molecule has 0 radical (unpaired) electrons. The SMILES string of the molecule is Cc1nc2ccccc2n1CCNc1c(F)cc(C#N)cc1F. The van der Waals surface area contributed by atoms with Crippen LogP contribution in [0.5, 0.6) is 0 Å². The van der Waals surface area contributed by atoms with Crippen LogP contribution in [0.4, 0.5) is 14.5 Å². The molecule has 0 spiro atoms. The smallest absolute Gasteiger partial charge is 0.150 e. The summed E-state index contributed by atoms with van der Waals surface area (Å²) < 4.78 is 29.6. The molecule has 0 aliphatic rings. The summed E-state index contributed by atoms with van der Waals surface area (Å²) in [6, 6.07) is 11.5. The summed E-state index contributed by atoms with van der Waals surface area (Å²) in [7, 11) is 0. The third kappa shape index (κ3) is 2.86. The Hall–Kier alpha value is -2.94. The number of nitriles is 1. The molecule has 3 rings (SSSR count). The number of benzene rings is 2. The Morgan fingerprint density at radius 1 is 1.22 bits per heavy atom. The number of aryl methyl sites for hydroxylation is 1. The largest absolute Gasteiger partial charge is 0.379 e. The van der Waals surface area contributed by atoms with Crippen LogP contribution in [0, 0.1) is 29.9 Å². The number of para-hydroxylation sites is 2. The van der Waals surface area contributed by atoms with Crippen molar-refractivity contribution >= 4 is 16.7 Å². The first-order valence-electron chi connectivity index (χ1n) is 7.15. The molecule has 0 atom stereocenters. The van der Waals surface area contributed by atoms with Gasteiger partial charge in [-0.15, -0.1) is 0 Å². The van der Waals surface area contributed by atoms with E-state index in [-0.39, 0.29) is 11.3 Å². The van der Waals surface area contributed by atoms with Crippen LogP contribution in [0.2, 0.25) is 0 Å². The van der Waals surface area contributed by atoms with E-state index in [0.29, 0.717) is 13.1 Å². The van der Waals surface area contributed by atoms with E-state index in [2.05, 4.69) is 10.3 Å². The minimum atomic E-state index is -0.770. The van der Waals surface area contributed by atoms with Crippen LogP contribution >= 0.6 is 0 Å². The molecule has 4 nitrogen and oxygen atoms in total. The van der Waals surface area contributed by atoms with Crippen molar-refractivity contribution < 1.29 is 8.78 Å². The zero-order valence-corrected chi connectivity index (χ0v) is 12.5. The average Bonchev–Trinajstić information content (AvgIpc) is 2.85. The zero-order valence-electron chi connectivity index (χ0n) is 12.5. The van der Waals surface area contributed by atoms with Crippen molar-refractivity contribution in [3.05, 3.63) is 59.4 Å². The predicted octanol–water partition coefficient (Wildman–Crippen LogP) is 3.61. The highest BCUT2D eigenvalue weighted by atomic mass is 19.1. The Bertz CT molecular complexity index is 886. The number of fused-ring (bicyclic) bond motifs is 1.